The molecule has 1 amide bonds. The van der Waals surface area contributed by atoms with Gasteiger partial charge >= 0.3 is 0 Å². The summed E-state index contributed by atoms with van der Waals surface area (Å²) < 4.78 is 0. The van der Waals surface area contributed by atoms with Crippen LogP contribution in [0.1, 0.15) is 34.1 Å². The third-order valence-electron chi connectivity index (χ3n) is 3.55. The minimum absolute atomic E-state index is 0.0769. The first-order valence-electron chi connectivity index (χ1n) is 5.39. The van der Waals surface area contributed by atoms with Crippen LogP contribution in [-0.2, 0) is 4.79 Å². The number of amides is 1. The monoisotopic (exact) mass is 215 g/mol. The van der Waals surface area contributed by atoms with Crippen LogP contribution in [0.2, 0.25) is 0 Å². The largest absolute Gasteiger partial charge is 0.368 e. The van der Waals surface area contributed by atoms with Crippen molar-refractivity contribution >= 4 is 5.91 Å². The van der Waals surface area contributed by atoms with E-state index < -0.39 is 5.54 Å². The Bertz CT molecular complexity index is 228. The molecule has 4 heteroatoms. The number of primary amides is 1. The van der Waals surface area contributed by atoms with Crippen molar-refractivity contribution < 1.29 is 4.79 Å². The fourth-order valence-corrected chi connectivity index (χ4v) is 1.24. The Hall–Kier alpha value is -0.610. The number of carbonyl (C=O) groups excluding carboxylic acids is 1. The molecule has 0 saturated carbocycles. The number of likely N-dealkylation sites (N-methyl/N-ethyl adjacent to an activating group) is 2. The van der Waals surface area contributed by atoms with E-state index in [9.17, 15) is 4.79 Å². The molecule has 0 heterocycles. The van der Waals surface area contributed by atoms with Crippen LogP contribution in [0.4, 0.5) is 0 Å². The minimum atomic E-state index is -0.665. The zero-order chi connectivity index (χ0) is 12.3. The molecule has 0 aliphatic heterocycles. The van der Waals surface area contributed by atoms with Crippen molar-refractivity contribution in [2.75, 3.05) is 20.6 Å². The van der Waals surface area contributed by atoms with E-state index in [1.54, 1.807) is 7.05 Å². The van der Waals surface area contributed by atoms with Crippen LogP contribution in [0.25, 0.3) is 0 Å². The average Bonchev–Trinajstić information content (AvgIpc) is 2.17. The molecule has 0 fully saturated rings. The van der Waals surface area contributed by atoms with E-state index in [0.717, 1.165) is 6.42 Å². The van der Waals surface area contributed by atoms with E-state index in [1.165, 1.54) is 0 Å². The lowest BCUT2D eigenvalue weighted by molar-refractivity contribution is -0.124. The van der Waals surface area contributed by atoms with Gasteiger partial charge in [-0.15, -0.1) is 0 Å². The van der Waals surface area contributed by atoms with E-state index in [2.05, 4.69) is 31.0 Å². The highest BCUT2D eigenvalue weighted by Crippen LogP contribution is 2.19. The number of nitrogens with two attached hydrogens (primary N) is 1. The van der Waals surface area contributed by atoms with Gasteiger partial charge in [-0.1, -0.05) is 6.92 Å². The van der Waals surface area contributed by atoms with Crippen LogP contribution in [0.15, 0.2) is 0 Å². The second-order valence-electron chi connectivity index (χ2n) is 4.97. The van der Waals surface area contributed by atoms with Gasteiger partial charge in [-0.2, -0.15) is 0 Å². The summed E-state index contributed by atoms with van der Waals surface area (Å²) in [5, 5.41) is 2.99. The average molecular weight is 215 g/mol. The van der Waals surface area contributed by atoms with E-state index >= 15 is 0 Å². The van der Waals surface area contributed by atoms with E-state index in [4.69, 9.17) is 5.73 Å². The molecule has 0 aromatic heterocycles. The molecule has 0 spiro atoms. The van der Waals surface area contributed by atoms with Crippen molar-refractivity contribution in [3.63, 3.8) is 0 Å². The van der Waals surface area contributed by atoms with Gasteiger partial charge in [-0.05, 0) is 41.3 Å². The molecule has 0 aliphatic carbocycles. The van der Waals surface area contributed by atoms with Crippen LogP contribution in [0, 0.1) is 0 Å². The zero-order valence-corrected chi connectivity index (χ0v) is 10.8. The van der Waals surface area contributed by atoms with Gasteiger partial charge < -0.3 is 11.1 Å². The molecule has 0 bridgehead atoms. The summed E-state index contributed by atoms with van der Waals surface area (Å²) in [7, 11) is 3.78. The van der Waals surface area contributed by atoms with E-state index in [0.29, 0.717) is 6.54 Å². The summed E-state index contributed by atoms with van der Waals surface area (Å²) in [6.07, 6.45) is 1.03. The summed E-state index contributed by atoms with van der Waals surface area (Å²) in [5.41, 5.74) is 4.80. The molecule has 1 atom stereocenters. The number of rotatable bonds is 6. The maximum absolute atomic E-state index is 11.3. The minimum Gasteiger partial charge on any atom is -0.368 e. The topological polar surface area (TPSA) is 58.4 Å². The maximum Gasteiger partial charge on any atom is 0.238 e. The van der Waals surface area contributed by atoms with Crippen molar-refractivity contribution in [3.05, 3.63) is 0 Å². The summed E-state index contributed by atoms with van der Waals surface area (Å²) in [5.74, 6) is -0.316. The summed E-state index contributed by atoms with van der Waals surface area (Å²) in [4.78, 5) is 13.5. The summed E-state index contributed by atoms with van der Waals surface area (Å²) >= 11 is 0. The fourth-order valence-electron chi connectivity index (χ4n) is 1.24. The van der Waals surface area contributed by atoms with Crippen LogP contribution >= 0.6 is 0 Å². The zero-order valence-electron chi connectivity index (χ0n) is 10.8. The Labute approximate surface area is 93.2 Å². The lowest BCUT2D eigenvalue weighted by Gasteiger charge is -2.40. The molecule has 0 aromatic carbocycles. The second-order valence-corrected chi connectivity index (χ2v) is 4.97. The Balaban J connectivity index is 4.64. The van der Waals surface area contributed by atoms with Gasteiger partial charge in [0.05, 0.1) is 0 Å². The smallest absolute Gasteiger partial charge is 0.238 e. The van der Waals surface area contributed by atoms with Crippen molar-refractivity contribution in [1.29, 1.82) is 0 Å². The Morgan fingerprint density at radius 2 is 1.87 bits per heavy atom. The predicted octanol–water partition coefficient (Wildman–Crippen LogP) is 0.570. The summed E-state index contributed by atoms with van der Waals surface area (Å²) in [6.45, 7) is 8.89. The molecule has 3 N–H and O–H groups in total. The van der Waals surface area contributed by atoms with Gasteiger partial charge in [0.1, 0.15) is 5.54 Å². The third-order valence-corrected chi connectivity index (χ3v) is 3.55. The first kappa shape index (κ1) is 14.4. The Morgan fingerprint density at radius 1 is 1.40 bits per heavy atom. The van der Waals surface area contributed by atoms with Gasteiger partial charge in [0.25, 0.3) is 0 Å². The lowest BCUT2D eigenvalue weighted by Crippen LogP contribution is -2.60. The Kier molecular flexibility index (Phi) is 4.74. The first-order chi connectivity index (χ1) is 6.69. The normalized spacial score (nSPS) is 16.5. The molecule has 1 unspecified atom stereocenters. The highest BCUT2D eigenvalue weighted by atomic mass is 16.1. The molecule has 0 saturated heterocycles. The standard InChI is InChI=1S/C11H25N3O/c1-7-10(2,3)14(6)8-11(4,13-5)9(12)15/h13H,7-8H2,1-6H3,(H2,12,15). The molecule has 15 heavy (non-hydrogen) atoms. The number of hydrogen-bond acceptors (Lipinski definition) is 3. The molecule has 0 aromatic rings. The first-order valence-corrected chi connectivity index (χ1v) is 5.39. The molecular weight excluding hydrogens is 190 g/mol. The van der Waals surface area contributed by atoms with Crippen LogP contribution in [-0.4, -0.2) is 42.5 Å². The van der Waals surface area contributed by atoms with Crippen molar-refractivity contribution in [2.45, 2.75) is 45.2 Å². The number of carbonyl (C=O) groups is 1. The van der Waals surface area contributed by atoms with Crippen LogP contribution in [0.3, 0.4) is 0 Å². The van der Waals surface area contributed by atoms with E-state index in [-0.39, 0.29) is 11.4 Å². The van der Waals surface area contributed by atoms with Gasteiger partial charge in [-0.3, -0.25) is 9.69 Å². The molecule has 90 valence electrons. The van der Waals surface area contributed by atoms with Gasteiger partial charge in [0.2, 0.25) is 5.91 Å². The summed E-state index contributed by atoms with van der Waals surface area (Å²) in [6, 6.07) is 0. The molecule has 0 aliphatic rings. The maximum atomic E-state index is 11.3. The number of nitrogens with zero attached hydrogens (tertiary/aromatic N) is 1. The third kappa shape index (κ3) is 3.47. The van der Waals surface area contributed by atoms with Crippen molar-refractivity contribution in [1.82, 2.24) is 10.2 Å². The number of hydrogen-bond donors (Lipinski definition) is 2. The highest BCUT2D eigenvalue weighted by Gasteiger charge is 2.34. The lowest BCUT2D eigenvalue weighted by atomic mass is 9.95. The molecular formula is C11H25N3O. The van der Waals surface area contributed by atoms with Crippen LogP contribution < -0.4 is 11.1 Å². The second kappa shape index (κ2) is 4.94. The highest BCUT2D eigenvalue weighted by molar-refractivity contribution is 5.84. The number of nitrogens with one attached hydrogen (secondary N) is 1. The molecule has 0 rings (SSSR count). The quantitative estimate of drug-likeness (QED) is 0.681. The van der Waals surface area contributed by atoms with Crippen molar-refractivity contribution in [2.24, 2.45) is 5.73 Å². The van der Waals surface area contributed by atoms with Gasteiger partial charge in [0, 0.05) is 12.1 Å². The Morgan fingerprint density at radius 3 is 2.13 bits per heavy atom. The van der Waals surface area contributed by atoms with Gasteiger partial charge in [-0.25, -0.2) is 0 Å². The predicted molar refractivity (Wildman–Crippen MR) is 63.7 cm³/mol. The fraction of sp³-hybridized carbons (Fsp3) is 0.909. The molecule has 0 radical (unpaired) electrons. The SMILES string of the molecule is CCC(C)(C)N(C)CC(C)(NC)C(N)=O. The van der Waals surface area contributed by atoms with Crippen molar-refractivity contribution in [3.8, 4) is 0 Å². The van der Waals surface area contributed by atoms with Gasteiger partial charge in [0.15, 0.2) is 0 Å². The molecule has 4 nitrogen and oxygen atoms in total. The van der Waals surface area contributed by atoms with Crippen LogP contribution in [0.5, 0.6) is 0 Å². The van der Waals surface area contributed by atoms with E-state index in [1.807, 2.05) is 14.0 Å².